The summed E-state index contributed by atoms with van der Waals surface area (Å²) in [4.78, 5) is 0. The summed E-state index contributed by atoms with van der Waals surface area (Å²) in [5.41, 5.74) is 3.60. The average Bonchev–Trinajstić information content (AvgIpc) is 2.74. The van der Waals surface area contributed by atoms with E-state index >= 15 is 0 Å². The molecule has 0 aliphatic heterocycles. The van der Waals surface area contributed by atoms with Gasteiger partial charge in [-0.15, -0.1) is 0 Å². The Kier molecular flexibility index (Phi) is 2.93. The summed E-state index contributed by atoms with van der Waals surface area (Å²) >= 11 is 0. The van der Waals surface area contributed by atoms with E-state index in [0.29, 0.717) is 5.41 Å². The van der Waals surface area contributed by atoms with E-state index in [0.717, 1.165) is 30.1 Å². The lowest BCUT2D eigenvalue weighted by atomic mass is 9.52. The second-order valence-electron chi connectivity index (χ2n) is 8.06. The molecule has 6 atom stereocenters. The van der Waals surface area contributed by atoms with Crippen LogP contribution in [0.2, 0.25) is 0 Å². The first-order valence-electron chi connectivity index (χ1n) is 8.66. The molecule has 3 fully saturated rings. The van der Waals surface area contributed by atoms with Gasteiger partial charge in [0.2, 0.25) is 0 Å². The minimum absolute atomic E-state index is 0.155. The van der Waals surface area contributed by atoms with E-state index in [2.05, 4.69) is 19.6 Å². The highest BCUT2D eigenvalue weighted by atomic mass is 16.3. The average molecular weight is 272 g/mol. The molecule has 0 aromatic heterocycles. The lowest BCUT2D eigenvalue weighted by Crippen LogP contribution is -2.45. The van der Waals surface area contributed by atoms with E-state index in [4.69, 9.17) is 0 Å². The Morgan fingerprint density at radius 2 is 1.95 bits per heavy atom. The van der Waals surface area contributed by atoms with Crippen LogP contribution in [-0.4, -0.2) is 11.2 Å². The highest BCUT2D eigenvalue weighted by molar-refractivity contribution is 5.24. The minimum atomic E-state index is -0.155. The lowest BCUT2D eigenvalue weighted by molar-refractivity contribution is 0.00845. The predicted octanol–water partition coefficient (Wildman–Crippen LogP) is 4.48. The van der Waals surface area contributed by atoms with Crippen LogP contribution >= 0.6 is 0 Å². The number of hydrogen-bond acceptors (Lipinski definition) is 1. The number of aliphatic hydroxyl groups is 1. The smallest absolute Gasteiger partial charge is 0.0723 e. The molecule has 3 saturated carbocycles. The fraction of sp³-hybridized carbons (Fsp3) is 0.789. The van der Waals surface area contributed by atoms with Crippen molar-refractivity contribution in [1.82, 2.24) is 0 Å². The van der Waals surface area contributed by atoms with Crippen molar-refractivity contribution >= 4 is 0 Å². The number of hydrogen-bond donors (Lipinski definition) is 1. The highest BCUT2D eigenvalue weighted by Crippen LogP contribution is 2.63. The number of aliphatic hydroxyl groups excluding tert-OH is 1. The van der Waals surface area contributed by atoms with Gasteiger partial charge in [0.1, 0.15) is 0 Å². The SMILES string of the molecule is C=C1CCC2C3CCC4=C[C@@H](O)CC[C@@H]4C3CC[C@]12C. The molecule has 1 nitrogen and oxygen atoms in total. The van der Waals surface area contributed by atoms with Gasteiger partial charge in [0, 0.05) is 0 Å². The summed E-state index contributed by atoms with van der Waals surface area (Å²) < 4.78 is 0. The molecule has 1 heteroatoms. The maximum absolute atomic E-state index is 9.88. The first-order valence-corrected chi connectivity index (χ1v) is 8.66. The van der Waals surface area contributed by atoms with E-state index in [1.165, 1.54) is 44.9 Å². The molecule has 0 radical (unpaired) electrons. The molecule has 4 aliphatic rings. The first-order chi connectivity index (χ1) is 9.59. The maximum Gasteiger partial charge on any atom is 0.0723 e. The normalized spacial score (nSPS) is 51.0. The Balaban J connectivity index is 1.63. The quantitative estimate of drug-likeness (QED) is 0.645. The van der Waals surface area contributed by atoms with Crippen LogP contribution < -0.4 is 0 Å². The van der Waals surface area contributed by atoms with Crippen molar-refractivity contribution in [3.05, 3.63) is 23.8 Å². The van der Waals surface area contributed by atoms with Gasteiger partial charge in [-0.05, 0) is 80.5 Å². The van der Waals surface area contributed by atoms with Gasteiger partial charge in [0.05, 0.1) is 6.10 Å². The number of fused-ring (bicyclic) bond motifs is 5. The monoisotopic (exact) mass is 272 g/mol. The Labute approximate surface area is 123 Å². The summed E-state index contributed by atoms with van der Waals surface area (Å²) in [5.74, 6) is 3.55. The molecule has 3 unspecified atom stereocenters. The topological polar surface area (TPSA) is 20.2 Å². The molecular weight excluding hydrogens is 244 g/mol. The van der Waals surface area contributed by atoms with Gasteiger partial charge in [-0.1, -0.05) is 30.7 Å². The second-order valence-corrected chi connectivity index (χ2v) is 8.06. The Morgan fingerprint density at radius 3 is 2.80 bits per heavy atom. The second kappa shape index (κ2) is 4.47. The van der Waals surface area contributed by atoms with Crippen LogP contribution in [0.4, 0.5) is 0 Å². The van der Waals surface area contributed by atoms with Crippen LogP contribution in [0.3, 0.4) is 0 Å². The summed E-state index contributed by atoms with van der Waals surface area (Å²) in [6.07, 6.45) is 12.3. The molecule has 0 heterocycles. The van der Waals surface area contributed by atoms with Crippen LogP contribution in [0, 0.1) is 29.1 Å². The molecule has 4 rings (SSSR count). The maximum atomic E-state index is 9.88. The summed E-state index contributed by atoms with van der Waals surface area (Å²) in [6.45, 7) is 6.89. The fourth-order valence-electron chi connectivity index (χ4n) is 6.22. The van der Waals surface area contributed by atoms with Crippen molar-refractivity contribution in [3.63, 3.8) is 0 Å². The van der Waals surface area contributed by atoms with Gasteiger partial charge in [-0.3, -0.25) is 0 Å². The third kappa shape index (κ3) is 1.71. The summed E-state index contributed by atoms with van der Waals surface area (Å²) in [6, 6.07) is 0. The zero-order valence-electron chi connectivity index (χ0n) is 12.8. The van der Waals surface area contributed by atoms with E-state index in [1.807, 2.05) is 0 Å². The Morgan fingerprint density at radius 1 is 1.10 bits per heavy atom. The fourth-order valence-corrected chi connectivity index (χ4v) is 6.22. The van der Waals surface area contributed by atoms with Crippen LogP contribution in [0.25, 0.3) is 0 Å². The Bertz CT molecular complexity index is 462. The van der Waals surface area contributed by atoms with Crippen molar-refractivity contribution in [2.24, 2.45) is 29.1 Å². The molecule has 0 aromatic rings. The molecule has 0 amide bonds. The Hall–Kier alpha value is -0.560. The van der Waals surface area contributed by atoms with Gasteiger partial charge in [0.25, 0.3) is 0 Å². The molecule has 0 bridgehead atoms. The molecule has 0 aromatic carbocycles. The van der Waals surface area contributed by atoms with Gasteiger partial charge in [-0.2, -0.15) is 0 Å². The van der Waals surface area contributed by atoms with Crippen molar-refractivity contribution in [2.75, 3.05) is 0 Å². The van der Waals surface area contributed by atoms with E-state index in [9.17, 15) is 5.11 Å². The first kappa shape index (κ1) is 13.1. The lowest BCUT2D eigenvalue weighted by Gasteiger charge is -2.53. The molecule has 1 N–H and O–H groups in total. The van der Waals surface area contributed by atoms with E-state index in [-0.39, 0.29) is 6.10 Å². The van der Waals surface area contributed by atoms with Crippen LogP contribution in [0.5, 0.6) is 0 Å². The van der Waals surface area contributed by atoms with Gasteiger partial charge < -0.3 is 5.11 Å². The van der Waals surface area contributed by atoms with Gasteiger partial charge >= 0.3 is 0 Å². The van der Waals surface area contributed by atoms with E-state index < -0.39 is 0 Å². The molecule has 4 aliphatic carbocycles. The molecule has 0 saturated heterocycles. The van der Waals surface area contributed by atoms with Crippen molar-refractivity contribution in [1.29, 1.82) is 0 Å². The van der Waals surface area contributed by atoms with Crippen LogP contribution in [0.1, 0.15) is 58.3 Å². The number of allylic oxidation sites excluding steroid dienone is 2. The van der Waals surface area contributed by atoms with Crippen LogP contribution in [-0.2, 0) is 0 Å². The van der Waals surface area contributed by atoms with Gasteiger partial charge in [-0.25, -0.2) is 0 Å². The third-order valence-corrected chi connectivity index (χ3v) is 7.39. The molecule has 0 spiro atoms. The zero-order chi connectivity index (χ0) is 13.9. The molecule has 20 heavy (non-hydrogen) atoms. The third-order valence-electron chi connectivity index (χ3n) is 7.39. The zero-order valence-corrected chi connectivity index (χ0v) is 12.8. The van der Waals surface area contributed by atoms with E-state index in [1.54, 1.807) is 11.1 Å². The van der Waals surface area contributed by atoms with Crippen LogP contribution in [0.15, 0.2) is 23.8 Å². The van der Waals surface area contributed by atoms with Crippen molar-refractivity contribution in [2.45, 2.75) is 64.4 Å². The predicted molar refractivity (Wildman–Crippen MR) is 82.2 cm³/mol. The summed E-state index contributed by atoms with van der Waals surface area (Å²) in [7, 11) is 0. The van der Waals surface area contributed by atoms with Crippen molar-refractivity contribution < 1.29 is 5.11 Å². The van der Waals surface area contributed by atoms with Gasteiger partial charge in [0.15, 0.2) is 0 Å². The van der Waals surface area contributed by atoms with Crippen molar-refractivity contribution in [3.8, 4) is 0 Å². The molecular formula is C19H28O. The summed E-state index contributed by atoms with van der Waals surface area (Å²) in [5, 5.41) is 9.88. The number of rotatable bonds is 0. The highest BCUT2D eigenvalue weighted by Gasteiger charge is 2.53. The molecule has 110 valence electrons. The largest absolute Gasteiger partial charge is 0.389 e. The standard InChI is InChI=1S/C19H28O/c1-12-3-8-18-17-6-4-13-11-14(20)5-7-15(13)16(17)9-10-19(12,18)2/h11,14-18,20H,1,3-10H2,2H3/t14-,15-,16?,17?,18?,19+/m0/s1. The minimum Gasteiger partial charge on any atom is -0.389 e.